The molecule has 0 amide bonds. The first kappa shape index (κ1) is 24.3. The van der Waals surface area contributed by atoms with Crippen LogP contribution in [0.3, 0.4) is 0 Å². The normalized spacial score (nSPS) is 12.5. The lowest BCUT2D eigenvalue weighted by atomic mass is 9.91. The van der Waals surface area contributed by atoms with Crippen molar-refractivity contribution in [1.82, 2.24) is 4.98 Å². The average Bonchev–Trinajstić information content (AvgIpc) is 2.90. The molecule has 5 rings (SSSR count). The van der Waals surface area contributed by atoms with Gasteiger partial charge in [-0.15, -0.1) is 0 Å². The number of benzene rings is 4. The summed E-state index contributed by atoms with van der Waals surface area (Å²) >= 11 is 0. The van der Waals surface area contributed by atoms with E-state index in [1.165, 1.54) is 22.1 Å². The molecule has 0 fully saturated rings. The van der Waals surface area contributed by atoms with E-state index in [2.05, 4.69) is 130 Å². The smallest absolute Gasteiger partial charge is 0.0952 e. The molecule has 0 aliphatic heterocycles. The first-order chi connectivity index (χ1) is 18.0. The van der Waals surface area contributed by atoms with Gasteiger partial charge in [-0.25, -0.2) is 0 Å². The van der Waals surface area contributed by atoms with Gasteiger partial charge < -0.3 is 5.32 Å². The van der Waals surface area contributed by atoms with Crippen LogP contribution in [0.15, 0.2) is 104 Å². The molecule has 1 unspecified atom stereocenters. The van der Waals surface area contributed by atoms with Gasteiger partial charge in [0.25, 0.3) is 0 Å². The topological polar surface area (TPSA) is 24.9 Å². The van der Waals surface area contributed by atoms with Crippen molar-refractivity contribution in [2.45, 2.75) is 26.8 Å². The largest absolute Gasteiger partial charge is 0.372 e. The predicted molar refractivity (Wildman–Crippen MR) is 159 cm³/mol. The number of nitrogens with one attached hydrogen (secondary N) is 1. The van der Waals surface area contributed by atoms with E-state index in [4.69, 9.17) is 4.98 Å². The summed E-state index contributed by atoms with van der Waals surface area (Å²) in [6, 6.07) is 31.5. The van der Waals surface area contributed by atoms with E-state index in [-0.39, 0.29) is 6.04 Å². The number of rotatable bonds is 6. The van der Waals surface area contributed by atoms with E-state index in [1.54, 1.807) is 0 Å². The Labute approximate surface area is 219 Å². The van der Waals surface area contributed by atoms with Crippen molar-refractivity contribution in [3.63, 3.8) is 0 Å². The van der Waals surface area contributed by atoms with Gasteiger partial charge in [0.1, 0.15) is 0 Å². The van der Waals surface area contributed by atoms with Crippen molar-refractivity contribution in [3.05, 3.63) is 142 Å². The maximum Gasteiger partial charge on any atom is 0.0952 e. The zero-order chi connectivity index (χ0) is 25.9. The van der Waals surface area contributed by atoms with Crippen LogP contribution in [0.2, 0.25) is 0 Å². The van der Waals surface area contributed by atoms with Gasteiger partial charge in [-0.1, -0.05) is 104 Å². The summed E-state index contributed by atoms with van der Waals surface area (Å²) < 4.78 is 0. The highest BCUT2D eigenvalue weighted by molar-refractivity contribution is 5.88. The fourth-order valence-electron chi connectivity index (χ4n) is 5.31. The summed E-state index contributed by atoms with van der Waals surface area (Å²) in [6.07, 6.45) is 3.91. The molecule has 0 saturated carbocycles. The number of allylic oxidation sites excluding steroid dienone is 1. The molecular weight excluding hydrogens is 448 g/mol. The van der Waals surface area contributed by atoms with Gasteiger partial charge in [0.2, 0.25) is 0 Å². The van der Waals surface area contributed by atoms with Crippen LogP contribution >= 0.6 is 0 Å². The molecule has 1 atom stereocenters. The second kappa shape index (κ2) is 10.3. The summed E-state index contributed by atoms with van der Waals surface area (Å²) in [5.41, 5.74) is 8.97. The fourth-order valence-corrected chi connectivity index (χ4v) is 5.31. The highest BCUT2D eigenvalue weighted by Gasteiger charge is 2.22. The SMILES string of the molecule is C=C/C=c1/c(C(Nc2c(C)cc(C)cc2C)c2cccc(-c3ccccc3)n2)c2ccccc2cc1=C. The Morgan fingerprint density at radius 2 is 1.51 bits per heavy atom. The van der Waals surface area contributed by atoms with Crippen molar-refractivity contribution < 1.29 is 0 Å². The van der Waals surface area contributed by atoms with Gasteiger partial charge in [0, 0.05) is 11.3 Å². The van der Waals surface area contributed by atoms with E-state index in [0.717, 1.165) is 44.0 Å². The predicted octanol–water partition coefficient (Wildman–Crippen LogP) is 7.41. The molecule has 1 heterocycles. The third-order valence-electron chi connectivity index (χ3n) is 6.89. The van der Waals surface area contributed by atoms with Gasteiger partial charge in [0.05, 0.1) is 17.4 Å². The summed E-state index contributed by atoms with van der Waals surface area (Å²) in [5.74, 6) is 0. The van der Waals surface area contributed by atoms with E-state index < -0.39 is 0 Å². The molecular formula is C35H32N2. The lowest BCUT2D eigenvalue weighted by Crippen LogP contribution is -2.32. The van der Waals surface area contributed by atoms with Crippen LogP contribution in [0, 0.1) is 20.8 Å². The molecule has 2 nitrogen and oxygen atoms in total. The van der Waals surface area contributed by atoms with Crippen molar-refractivity contribution in [2.75, 3.05) is 5.32 Å². The molecule has 5 aromatic rings. The molecule has 0 spiro atoms. The average molecular weight is 481 g/mol. The van der Waals surface area contributed by atoms with E-state index in [0.29, 0.717) is 0 Å². The number of fused-ring (bicyclic) bond motifs is 1. The first-order valence-electron chi connectivity index (χ1n) is 12.7. The number of pyridine rings is 1. The van der Waals surface area contributed by atoms with Gasteiger partial charge in [0.15, 0.2) is 0 Å². The second-order valence-electron chi connectivity index (χ2n) is 9.65. The Morgan fingerprint density at radius 1 is 0.811 bits per heavy atom. The Bertz CT molecular complexity index is 1690. The molecule has 0 radical (unpaired) electrons. The van der Waals surface area contributed by atoms with Gasteiger partial charge in [-0.2, -0.15) is 0 Å². The zero-order valence-electron chi connectivity index (χ0n) is 21.8. The lowest BCUT2D eigenvalue weighted by molar-refractivity contribution is 0.885. The van der Waals surface area contributed by atoms with Crippen LogP contribution in [-0.2, 0) is 0 Å². The summed E-state index contributed by atoms with van der Waals surface area (Å²) in [6.45, 7) is 14.9. The minimum atomic E-state index is -0.207. The summed E-state index contributed by atoms with van der Waals surface area (Å²) in [4.78, 5) is 5.21. The monoisotopic (exact) mass is 480 g/mol. The Kier molecular flexibility index (Phi) is 6.74. The Morgan fingerprint density at radius 3 is 2.24 bits per heavy atom. The second-order valence-corrected chi connectivity index (χ2v) is 9.65. The highest BCUT2D eigenvalue weighted by Crippen LogP contribution is 2.33. The molecule has 0 bridgehead atoms. The van der Waals surface area contributed by atoms with Crippen LogP contribution < -0.4 is 15.8 Å². The number of nitrogens with zero attached hydrogens (tertiary/aromatic N) is 1. The van der Waals surface area contributed by atoms with Crippen LogP contribution in [0.1, 0.15) is 34.0 Å². The Hall–Kier alpha value is -4.43. The molecule has 1 N–H and O–H groups in total. The quantitative estimate of drug-likeness (QED) is 0.274. The zero-order valence-corrected chi connectivity index (χ0v) is 21.8. The molecule has 0 aliphatic rings. The maximum atomic E-state index is 5.21. The molecule has 0 aliphatic carbocycles. The number of anilines is 1. The fraction of sp³-hybridized carbons (Fsp3) is 0.114. The van der Waals surface area contributed by atoms with Crippen LogP contribution in [0.25, 0.3) is 34.7 Å². The minimum absolute atomic E-state index is 0.207. The number of aryl methyl sites for hydroxylation is 3. The molecule has 2 heteroatoms. The summed E-state index contributed by atoms with van der Waals surface area (Å²) in [7, 11) is 0. The van der Waals surface area contributed by atoms with Crippen LogP contribution in [-0.4, -0.2) is 4.98 Å². The van der Waals surface area contributed by atoms with Gasteiger partial charge >= 0.3 is 0 Å². The van der Waals surface area contributed by atoms with Crippen LogP contribution in [0.4, 0.5) is 5.69 Å². The first-order valence-corrected chi connectivity index (χ1v) is 12.7. The van der Waals surface area contributed by atoms with Crippen LogP contribution in [0.5, 0.6) is 0 Å². The standard InChI is InChI=1S/C35H32N2/c1-6-13-29-24(3)22-28-16-10-11-17-30(28)33(29)35(37-34-25(4)20-23(2)21-26(34)5)32-19-12-18-31(36-32)27-14-8-7-9-15-27/h6-22,35,37H,1,3H2,2,4-5H3/b29-13+. The van der Waals surface area contributed by atoms with Crippen molar-refractivity contribution in [3.8, 4) is 11.3 Å². The van der Waals surface area contributed by atoms with E-state index in [1.807, 2.05) is 12.1 Å². The number of hydrogen-bond donors (Lipinski definition) is 1. The van der Waals surface area contributed by atoms with Crippen molar-refractivity contribution in [1.29, 1.82) is 0 Å². The van der Waals surface area contributed by atoms with E-state index in [9.17, 15) is 0 Å². The lowest BCUT2D eigenvalue weighted by Gasteiger charge is -2.25. The molecule has 182 valence electrons. The molecule has 0 saturated heterocycles. The molecule has 1 aromatic heterocycles. The number of aromatic nitrogens is 1. The number of hydrogen-bond acceptors (Lipinski definition) is 2. The molecule has 37 heavy (non-hydrogen) atoms. The van der Waals surface area contributed by atoms with Gasteiger partial charge in [-0.3, -0.25) is 4.98 Å². The minimum Gasteiger partial charge on any atom is -0.372 e. The Balaban J connectivity index is 1.82. The highest BCUT2D eigenvalue weighted by atomic mass is 15.0. The maximum absolute atomic E-state index is 5.21. The third-order valence-corrected chi connectivity index (χ3v) is 6.89. The third kappa shape index (κ3) is 4.83. The van der Waals surface area contributed by atoms with Crippen molar-refractivity contribution >= 4 is 29.1 Å². The van der Waals surface area contributed by atoms with Crippen molar-refractivity contribution in [2.24, 2.45) is 0 Å². The summed E-state index contributed by atoms with van der Waals surface area (Å²) in [5, 5.41) is 8.30. The molecule has 4 aromatic carbocycles. The van der Waals surface area contributed by atoms with E-state index >= 15 is 0 Å². The van der Waals surface area contributed by atoms with Gasteiger partial charge in [-0.05, 0) is 76.9 Å².